The maximum Gasteiger partial charge on any atom is 0.414 e. The number of anilines is 2. The standard InChI is InChI=1S/C19H23FN4O5/c1-11(26)21-5-14-8-23(19(28)29-14)13-2-3-16(15(20)4-13)24-7-12-6-22(9-17(12)24)18(27)10-25/h2-4,12,14,17,25H,5-10H2,1H3,(H,21,26)/t12-,14-,17-/m0/s1. The maximum absolute atomic E-state index is 14.8. The number of aliphatic hydroxyl groups excluding tert-OH is 1. The van der Waals surface area contributed by atoms with E-state index in [1.807, 2.05) is 4.90 Å². The molecule has 3 amide bonds. The topological polar surface area (TPSA) is 102 Å². The number of nitrogens with one attached hydrogen (secondary N) is 1. The van der Waals surface area contributed by atoms with E-state index in [9.17, 15) is 18.8 Å². The van der Waals surface area contributed by atoms with Crippen LogP contribution in [0.5, 0.6) is 0 Å². The van der Waals surface area contributed by atoms with Gasteiger partial charge in [-0.25, -0.2) is 9.18 Å². The number of ether oxygens (including phenoxy) is 1. The first-order chi connectivity index (χ1) is 13.9. The van der Waals surface area contributed by atoms with Crippen LogP contribution in [0, 0.1) is 11.7 Å². The molecule has 0 radical (unpaired) electrons. The first-order valence-electron chi connectivity index (χ1n) is 9.54. The Morgan fingerprint density at radius 2 is 2.07 bits per heavy atom. The molecule has 156 valence electrons. The molecule has 29 heavy (non-hydrogen) atoms. The molecule has 0 unspecified atom stereocenters. The van der Waals surface area contributed by atoms with Crippen molar-refractivity contribution in [2.75, 3.05) is 49.1 Å². The normalized spacial score (nSPS) is 25.6. The zero-order valence-electron chi connectivity index (χ0n) is 16.0. The first-order valence-corrected chi connectivity index (χ1v) is 9.54. The number of likely N-dealkylation sites (tertiary alicyclic amines) is 1. The van der Waals surface area contributed by atoms with E-state index in [1.165, 1.54) is 17.9 Å². The lowest BCUT2D eigenvalue weighted by molar-refractivity contribution is -0.133. The molecule has 0 spiro atoms. The van der Waals surface area contributed by atoms with E-state index < -0.39 is 24.6 Å². The third-order valence-corrected chi connectivity index (χ3v) is 5.73. The predicted octanol–water partition coefficient (Wildman–Crippen LogP) is -0.0737. The SMILES string of the molecule is CC(=O)NC[C@H]1CN(c2ccc(N3C[C@@H]4CN(C(=O)CO)C[C@@H]43)c(F)c2)C(=O)O1. The van der Waals surface area contributed by atoms with E-state index in [0.717, 1.165) is 0 Å². The van der Waals surface area contributed by atoms with Crippen LogP contribution < -0.4 is 15.1 Å². The Morgan fingerprint density at radius 1 is 1.28 bits per heavy atom. The molecular weight excluding hydrogens is 383 g/mol. The lowest BCUT2D eigenvalue weighted by Crippen LogP contribution is -2.56. The second-order valence-corrected chi connectivity index (χ2v) is 7.63. The predicted molar refractivity (Wildman–Crippen MR) is 101 cm³/mol. The summed E-state index contributed by atoms with van der Waals surface area (Å²) in [5.41, 5.74) is 0.817. The van der Waals surface area contributed by atoms with Crippen LogP contribution in [0.2, 0.25) is 0 Å². The molecule has 1 aromatic carbocycles. The fourth-order valence-electron chi connectivity index (χ4n) is 4.21. The van der Waals surface area contributed by atoms with Gasteiger partial charge in [0.05, 0.1) is 30.5 Å². The van der Waals surface area contributed by atoms with Gasteiger partial charge in [0.15, 0.2) is 0 Å². The van der Waals surface area contributed by atoms with Crippen LogP contribution in [0.1, 0.15) is 6.92 Å². The molecule has 3 saturated heterocycles. The van der Waals surface area contributed by atoms with Crippen molar-refractivity contribution in [1.29, 1.82) is 0 Å². The van der Waals surface area contributed by atoms with Crippen molar-refractivity contribution in [3.8, 4) is 0 Å². The summed E-state index contributed by atoms with van der Waals surface area (Å²) in [7, 11) is 0. The molecule has 0 bridgehead atoms. The van der Waals surface area contributed by atoms with E-state index in [2.05, 4.69) is 5.32 Å². The molecule has 3 atom stereocenters. The zero-order valence-corrected chi connectivity index (χ0v) is 16.0. The summed E-state index contributed by atoms with van der Waals surface area (Å²) in [6, 6.07) is 4.63. The first kappa shape index (κ1) is 19.4. The van der Waals surface area contributed by atoms with Crippen molar-refractivity contribution in [2.24, 2.45) is 5.92 Å². The number of hydrogen-bond acceptors (Lipinski definition) is 6. The van der Waals surface area contributed by atoms with Gasteiger partial charge in [0.2, 0.25) is 11.8 Å². The van der Waals surface area contributed by atoms with E-state index in [0.29, 0.717) is 31.0 Å². The van der Waals surface area contributed by atoms with Gasteiger partial charge >= 0.3 is 6.09 Å². The van der Waals surface area contributed by atoms with Crippen molar-refractivity contribution in [2.45, 2.75) is 19.1 Å². The van der Waals surface area contributed by atoms with E-state index in [4.69, 9.17) is 9.84 Å². The number of cyclic esters (lactones) is 1. The third-order valence-electron chi connectivity index (χ3n) is 5.73. The summed E-state index contributed by atoms with van der Waals surface area (Å²) in [6.07, 6.45) is -1.07. The fourth-order valence-corrected chi connectivity index (χ4v) is 4.21. The number of amides is 3. The molecule has 10 heteroatoms. The Hall–Kier alpha value is -2.88. The number of fused-ring (bicyclic) bond motifs is 1. The number of benzene rings is 1. The number of aliphatic hydroxyl groups is 1. The molecule has 0 aliphatic carbocycles. The Kier molecular flexibility index (Phi) is 5.03. The number of halogens is 1. The molecule has 3 fully saturated rings. The molecule has 0 aromatic heterocycles. The average Bonchev–Trinajstić information content (AvgIpc) is 3.21. The highest BCUT2D eigenvalue weighted by molar-refractivity contribution is 5.90. The van der Waals surface area contributed by atoms with E-state index in [-0.39, 0.29) is 36.9 Å². The van der Waals surface area contributed by atoms with Crippen LogP contribution in [0.3, 0.4) is 0 Å². The van der Waals surface area contributed by atoms with Crippen LogP contribution in [-0.4, -0.2) is 79.4 Å². The average molecular weight is 406 g/mol. The van der Waals surface area contributed by atoms with Gasteiger partial charge in [-0.15, -0.1) is 0 Å². The second kappa shape index (κ2) is 7.51. The smallest absolute Gasteiger partial charge is 0.414 e. The minimum atomic E-state index is -0.578. The van der Waals surface area contributed by atoms with Crippen LogP contribution in [0.15, 0.2) is 18.2 Å². The quantitative estimate of drug-likeness (QED) is 0.710. The van der Waals surface area contributed by atoms with Gasteiger partial charge in [0.1, 0.15) is 18.5 Å². The molecular formula is C19H23FN4O5. The van der Waals surface area contributed by atoms with E-state index in [1.54, 1.807) is 17.0 Å². The third kappa shape index (κ3) is 3.59. The summed E-state index contributed by atoms with van der Waals surface area (Å²) in [6.45, 7) is 2.98. The number of rotatable bonds is 5. The largest absolute Gasteiger partial charge is 0.442 e. The van der Waals surface area contributed by atoms with Gasteiger partial charge in [-0.05, 0) is 18.2 Å². The second-order valence-electron chi connectivity index (χ2n) is 7.63. The lowest BCUT2D eigenvalue weighted by Gasteiger charge is -2.45. The van der Waals surface area contributed by atoms with Crippen molar-refractivity contribution >= 4 is 29.3 Å². The summed E-state index contributed by atoms with van der Waals surface area (Å²) in [4.78, 5) is 39.7. The van der Waals surface area contributed by atoms with Crippen molar-refractivity contribution in [3.63, 3.8) is 0 Å². The van der Waals surface area contributed by atoms with Crippen molar-refractivity contribution in [3.05, 3.63) is 24.0 Å². The highest BCUT2D eigenvalue weighted by atomic mass is 19.1. The van der Waals surface area contributed by atoms with Crippen molar-refractivity contribution in [1.82, 2.24) is 10.2 Å². The van der Waals surface area contributed by atoms with Gasteiger partial charge in [-0.1, -0.05) is 0 Å². The van der Waals surface area contributed by atoms with Gasteiger partial charge in [0.25, 0.3) is 0 Å². The fraction of sp³-hybridized carbons (Fsp3) is 0.526. The lowest BCUT2D eigenvalue weighted by atomic mass is 9.91. The Balaban J connectivity index is 1.42. The zero-order chi connectivity index (χ0) is 20.7. The van der Waals surface area contributed by atoms with Gasteiger partial charge in [-0.2, -0.15) is 0 Å². The molecule has 3 aliphatic heterocycles. The molecule has 3 aliphatic rings. The number of nitrogens with zero attached hydrogens (tertiary/aromatic N) is 3. The van der Waals surface area contributed by atoms with Crippen LogP contribution in [-0.2, 0) is 14.3 Å². The molecule has 3 heterocycles. The summed E-state index contributed by atoms with van der Waals surface area (Å²) in [5.74, 6) is -0.705. The van der Waals surface area contributed by atoms with Crippen molar-refractivity contribution < 1.29 is 28.6 Å². The molecule has 9 nitrogen and oxygen atoms in total. The minimum Gasteiger partial charge on any atom is -0.442 e. The number of hydrogen-bond donors (Lipinski definition) is 2. The Labute approximate surface area is 167 Å². The minimum absolute atomic E-state index is 0.0321. The molecule has 4 rings (SSSR count). The Morgan fingerprint density at radius 3 is 2.76 bits per heavy atom. The summed E-state index contributed by atoms with van der Waals surface area (Å²) in [5, 5.41) is 11.6. The highest BCUT2D eigenvalue weighted by Crippen LogP contribution is 2.38. The molecule has 2 N–H and O–H groups in total. The number of carbonyl (C=O) groups is 3. The van der Waals surface area contributed by atoms with Gasteiger partial charge in [0, 0.05) is 32.5 Å². The monoisotopic (exact) mass is 406 g/mol. The van der Waals surface area contributed by atoms with Gasteiger partial charge < -0.3 is 25.0 Å². The Bertz CT molecular complexity index is 850. The highest BCUT2D eigenvalue weighted by Gasteiger charge is 2.47. The van der Waals surface area contributed by atoms with E-state index >= 15 is 0 Å². The maximum atomic E-state index is 14.8. The van der Waals surface area contributed by atoms with Crippen LogP contribution in [0.25, 0.3) is 0 Å². The van der Waals surface area contributed by atoms with Gasteiger partial charge in [-0.3, -0.25) is 14.5 Å². The van der Waals surface area contributed by atoms with Crippen LogP contribution in [0.4, 0.5) is 20.6 Å². The van der Waals surface area contributed by atoms with Crippen LogP contribution >= 0.6 is 0 Å². The molecule has 1 aromatic rings. The summed E-state index contributed by atoms with van der Waals surface area (Å²) >= 11 is 0. The summed E-state index contributed by atoms with van der Waals surface area (Å²) < 4.78 is 20.0. The number of carbonyl (C=O) groups excluding carboxylic acids is 3. The molecule has 0 saturated carbocycles.